The molecule has 1 aromatic carbocycles. The van der Waals surface area contributed by atoms with E-state index in [1.54, 1.807) is 0 Å². The monoisotopic (exact) mass is 372 g/mol. The zero-order chi connectivity index (χ0) is 19.7. The van der Waals surface area contributed by atoms with E-state index in [0.29, 0.717) is 13.2 Å². The van der Waals surface area contributed by atoms with E-state index in [2.05, 4.69) is 58.1 Å². The number of hydrogen-bond donors (Lipinski definition) is 0. The van der Waals surface area contributed by atoms with E-state index >= 15 is 0 Å². The highest BCUT2D eigenvalue weighted by molar-refractivity contribution is 6.69. The van der Waals surface area contributed by atoms with Crippen LogP contribution < -0.4 is 0 Å². The fourth-order valence-corrected chi connectivity index (χ4v) is 4.81. The van der Waals surface area contributed by atoms with Crippen molar-refractivity contribution in [2.24, 2.45) is 5.41 Å². The molecule has 0 N–H and O–H groups in total. The Kier molecular flexibility index (Phi) is 8.83. The molecule has 0 spiro atoms. The van der Waals surface area contributed by atoms with Crippen LogP contribution in [0.25, 0.3) is 0 Å². The van der Waals surface area contributed by atoms with Gasteiger partial charge in [0.2, 0.25) is 0 Å². The minimum absolute atomic E-state index is 0.370. The maximum Gasteiger partial charge on any atom is 0.184 e. The molecule has 0 aliphatic heterocycles. The van der Waals surface area contributed by atoms with Crippen molar-refractivity contribution in [1.29, 1.82) is 0 Å². The molecule has 0 amide bonds. The lowest BCUT2D eigenvalue weighted by Crippen LogP contribution is -2.54. The summed E-state index contributed by atoms with van der Waals surface area (Å²) in [5.74, 6) is 3.06. The Hall–Kier alpha value is -1.34. The molecule has 0 aliphatic carbocycles. The number of allylic oxidation sites excluding steroid dienone is 1. The number of terminal acetylenes is 1. The zero-order valence-corrected chi connectivity index (χ0v) is 18.3. The average molecular weight is 373 g/mol. The highest BCUT2D eigenvalue weighted by atomic mass is 28.4. The predicted molar refractivity (Wildman–Crippen MR) is 115 cm³/mol. The summed E-state index contributed by atoms with van der Waals surface area (Å²) in [5.41, 5.74) is 0.289. The van der Waals surface area contributed by atoms with Gasteiger partial charge in [-0.1, -0.05) is 48.7 Å². The number of rotatable bonds is 12. The maximum absolute atomic E-state index is 6.63. The van der Waals surface area contributed by atoms with Gasteiger partial charge in [0, 0.05) is 0 Å². The summed E-state index contributed by atoms with van der Waals surface area (Å²) < 4.78 is 12.7. The molecular formula is C23H36O2Si. The smallest absolute Gasteiger partial charge is 0.184 e. The molecule has 0 fully saturated rings. The third-order valence-electron chi connectivity index (χ3n) is 4.84. The summed E-state index contributed by atoms with van der Waals surface area (Å²) in [6.07, 6.45) is 12.1. The van der Waals surface area contributed by atoms with Crippen LogP contribution in [0.2, 0.25) is 19.6 Å². The highest BCUT2D eigenvalue weighted by Gasteiger charge is 2.46. The molecule has 26 heavy (non-hydrogen) atoms. The molecule has 0 radical (unpaired) electrons. The third-order valence-corrected chi connectivity index (χ3v) is 5.90. The van der Waals surface area contributed by atoms with Crippen molar-refractivity contribution in [3.63, 3.8) is 0 Å². The predicted octanol–water partition coefficient (Wildman–Crippen LogP) is 6.20. The summed E-state index contributed by atoms with van der Waals surface area (Å²) in [5, 5.41) is 0. The topological polar surface area (TPSA) is 18.5 Å². The molecular weight excluding hydrogens is 336 g/mol. The second-order valence-electron chi connectivity index (χ2n) is 8.43. The van der Waals surface area contributed by atoms with Gasteiger partial charge in [0.05, 0.1) is 24.2 Å². The van der Waals surface area contributed by atoms with Gasteiger partial charge in [0.15, 0.2) is 8.32 Å². The molecule has 0 saturated heterocycles. The Morgan fingerprint density at radius 3 is 2.35 bits per heavy atom. The Bertz CT molecular complexity index is 584. The first-order valence-corrected chi connectivity index (χ1v) is 13.0. The van der Waals surface area contributed by atoms with Gasteiger partial charge in [-0.2, -0.15) is 0 Å². The molecule has 0 aromatic heterocycles. The van der Waals surface area contributed by atoms with E-state index in [1.807, 2.05) is 24.3 Å². The van der Waals surface area contributed by atoms with Gasteiger partial charge in [-0.25, -0.2) is 0 Å². The third kappa shape index (κ3) is 7.11. The first kappa shape index (κ1) is 22.7. The molecule has 0 aliphatic rings. The second kappa shape index (κ2) is 10.1. The molecule has 0 bridgehead atoms. The summed E-state index contributed by atoms with van der Waals surface area (Å²) in [6, 6.07) is 10.2. The minimum atomic E-state index is -1.79. The first-order chi connectivity index (χ1) is 12.2. The Morgan fingerprint density at radius 2 is 1.81 bits per heavy atom. The SMILES string of the molecule is C#C[C@@](C)(CCCCC=C)[C@](C)(COCc1ccccc1)O[Si](C)(C)C. The second-order valence-corrected chi connectivity index (χ2v) is 12.9. The molecule has 2 atom stereocenters. The van der Waals surface area contributed by atoms with Crippen LogP contribution in [0.1, 0.15) is 45.1 Å². The molecule has 1 rings (SSSR count). The summed E-state index contributed by atoms with van der Waals surface area (Å²) in [6.45, 7) is 15.8. The molecule has 144 valence electrons. The van der Waals surface area contributed by atoms with E-state index in [9.17, 15) is 0 Å². The Morgan fingerprint density at radius 1 is 1.15 bits per heavy atom. The van der Waals surface area contributed by atoms with Crippen LogP contribution in [0, 0.1) is 17.8 Å². The molecule has 2 nitrogen and oxygen atoms in total. The van der Waals surface area contributed by atoms with E-state index in [0.717, 1.165) is 31.2 Å². The van der Waals surface area contributed by atoms with Crippen molar-refractivity contribution in [1.82, 2.24) is 0 Å². The lowest BCUT2D eigenvalue weighted by Gasteiger charge is -2.46. The highest BCUT2D eigenvalue weighted by Crippen LogP contribution is 2.41. The largest absolute Gasteiger partial charge is 0.409 e. The molecule has 1 aromatic rings. The lowest BCUT2D eigenvalue weighted by molar-refractivity contribution is -0.0858. The van der Waals surface area contributed by atoms with Gasteiger partial charge in [-0.3, -0.25) is 0 Å². The van der Waals surface area contributed by atoms with E-state index in [4.69, 9.17) is 15.6 Å². The number of hydrogen-bond acceptors (Lipinski definition) is 2. The van der Waals surface area contributed by atoms with Gasteiger partial charge < -0.3 is 9.16 Å². The van der Waals surface area contributed by atoms with Gasteiger partial charge in [0.25, 0.3) is 0 Å². The summed E-state index contributed by atoms with van der Waals surface area (Å²) in [4.78, 5) is 0. The number of benzene rings is 1. The quantitative estimate of drug-likeness (QED) is 0.188. The first-order valence-electron chi connectivity index (χ1n) is 9.56. The average Bonchev–Trinajstić information content (AvgIpc) is 2.58. The lowest BCUT2D eigenvalue weighted by atomic mass is 9.72. The van der Waals surface area contributed by atoms with Gasteiger partial charge in [-0.05, 0) is 58.3 Å². The standard InChI is InChI=1S/C23H36O2Si/c1-8-10-11-15-18-22(3,9-2)23(4,25-26(5,6)7)20-24-19-21-16-13-12-14-17-21/h2,8,12-14,16-17H,1,10-11,15,18-20H2,3-7H3/t22-,23-/m0/s1. The van der Waals surface area contributed by atoms with Crippen molar-refractivity contribution in [2.45, 2.75) is 71.4 Å². The molecule has 0 heterocycles. The Balaban J connectivity index is 2.88. The zero-order valence-electron chi connectivity index (χ0n) is 17.3. The fraction of sp³-hybridized carbons (Fsp3) is 0.565. The van der Waals surface area contributed by atoms with Gasteiger partial charge in [0.1, 0.15) is 0 Å². The Labute approximate surface area is 162 Å². The van der Waals surface area contributed by atoms with Crippen molar-refractivity contribution < 1.29 is 9.16 Å². The maximum atomic E-state index is 6.63. The van der Waals surface area contributed by atoms with Crippen LogP contribution in [-0.4, -0.2) is 20.5 Å². The van der Waals surface area contributed by atoms with Crippen LogP contribution in [0.4, 0.5) is 0 Å². The van der Waals surface area contributed by atoms with Gasteiger partial charge >= 0.3 is 0 Å². The van der Waals surface area contributed by atoms with Crippen LogP contribution >= 0.6 is 0 Å². The van der Waals surface area contributed by atoms with Crippen LogP contribution in [0.3, 0.4) is 0 Å². The van der Waals surface area contributed by atoms with Crippen LogP contribution in [-0.2, 0) is 15.8 Å². The molecule has 0 saturated carbocycles. The van der Waals surface area contributed by atoms with E-state index in [-0.39, 0.29) is 5.41 Å². The molecule has 0 unspecified atom stereocenters. The number of ether oxygens (including phenoxy) is 1. The van der Waals surface area contributed by atoms with Crippen molar-refractivity contribution in [3.8, 4) is 12.3 Å². The number of unbranched alkanes of at least 4 members (excludes halogenated alkanes) is 2. The van der Waals surface area contributed by atoms with Crippen molar-refractivity contribution in [2.75, 3.05) is 6.61 Å². The van der Waals surface area contributed by atoms with Gasteiger partial charge in [-0.15, -0.1) is 13.0 Å². The fourth-order valence-electron chi connectivity index (χ4n) is 3.17. The van der Waals surface area contributed by atoms with Crippen LogP contribution in [0.5, 0.6) is 0 Å². The summed E-state index contributed by atoms with van der Waals surface area (Å²) in [7, 11) is -1.79. The van der Waals surface area contributed by atoms with E-state index in [1.165, 1.54) is 0 Å². The minimum Gasteiger partial charge on any atom is -0.409 e. The van der Waals surface area contributed by atoms with Crippen LogP contribution in [0.15, 0.2) is 43.0 Å². The van der Waals surface area contributed by atoms with E-state index < -0.39 is 13.9 Å². The molecule has 3 heteroatoms. The summed E-state index contributed by atoms with van der Waals surface area (Å²) >= 11 is 0. The van der Waals surface area contributed by atoms with Crippen molar-refractivity contribution in [3.05, 3.63) is 48.6 Å². The normalized spacial score (nSPS) is 16.3. The van der Waals surface area contributed by atoms with Crippen molar-refractivity contribution >= 4 is 8.32 Å².